The molecule has 0 aliphatic rings. The molecule has 0 aliphatic heterocycles. The Hall–Kier alpha value is -1.81. The minimum atomic E-state index is 0.508. The summed E-state index contributed by atoms with van der Waals surface area (Å²) in [5.41, 5.74) is 2.07. The SMILES string of the molecule is CCn1nc(C)c(Br)c1COc1ccc2ccccc2c1. The number of benzene rings is 2. The van der Waals surface area contributed by atoms with Crippen molar-refractivity contribution < 1.29 is 4.74 Å². The van der Waals surface area contributed by atoms with E-state index < -0.39 is 0 Å². The zero-order chi connectivity index (χ0) is 14.8. The molecule has 0 amide bonds. The third-order valence-electron chi connectivity index (χ3n) is 3.55. The van der Waals surface area contributed by atoms with Gasteiger partial charge in [-0.25, -0.2) is 0 Å². The molecule has 0 atom stereocenters. The molecule has 3 aromatic rings. The molecule has 0 bridgehead atoms. The highest BCUT2D eigenvalue weighted by Crippen LogP contribution is 2.25. The Morgan fingerprint density at radius 2 is 1.90 bits per heavy atom. The van der Waals surface area contributed by atoms with Crippen molar-refractivity contribution in [1.82, 2.24) is 9.78 Å². The standard InChI is InChI=1S/C17H17BrN2O/c1-3-20-16(17(18)12(2)19-20)11-21-15-9-8-13-6-4-5-7-14(13)10-15/h4-10H,3,11H2,1-2H3. The normalized spacial score (nSPS) is 11.0. The Bertz CT molecular complexity index is 780. The van der Waals surface area contributed by atoms with Gasteiger partial charge < -0.3 is 4.74 Å². The first-order valence-electron chi connectivity index (χ1n) is 7.02. The van der Waals surface area contributed by atoms with Crippen molar-refractivity contribution in [3.63, 3.8) is 0 Å². The van der Waals surface area contributed by atoms with Crippen LogP contribution < -0.4 is 4.74 Å². The number of aryl methyl sites for hydroxylation is 2. The maximum absolute atomic E-state index is 5.95. The highest BCUT2D eigenvalue weighted by Gasteiger charge is 2.12. The second-order valence-electron chi connectivity index (χ2n) is 4.96. The van der Waals surface area contributed by atoms with Crippen LogP contribution in [0.15, 0.2) is 46.9 Å². The van der Waals surface area contributed by atoms with Crippen LogP contribution in [0.2, 0.25) is 0 Å². The van der Waals surface area contributed by atoms with Crippen LogP contribution in [0.5, 0.6) is 5.75 Å². The third-order valence-corrected chi connectivity index (χ3v) is 4.58. The number of hydrogen-bond acceptors (Lipinski definition) is 2. The van der Waals surface area contributed by atoms with Crippen LogP contribution in [0.1, 0.15) is 18.3 Å². The lowest BCUT2D eigenvalue weighted by atomic mass is 10.1. The van der Waals surface area contributed by atoms with Gasteiger partial charge in [-0.3, -0.25) is 4.68 Å². The lowest BCUT2D eigenvalue weighted by Crippen LogP contribution is -2.06. The molecule has 0 unspecified atom stereocenters. The van der Waals surface area contributed by atoms with E-state index in [4.69, 9.17) is 4.74 Å². The molecule has 0 radical (unpaired) electrons. The summed E-state index contributed by atoms with van der Waals surface area (Å²) in [6, 6.07) is 14.4. The number of aromatic nitrogens is 2. The summed E-state index contributed by atoms with van der Waals surface area (Å²) >= 11 is 3.59. The molecule has 4 heteroatoms. The van der Waals surface area contributed by atoms with Crippen LogP contribution in [-0.4, -0.2) is 9.78 Å². The van der Waals surface area contributed by atoms with Crippen LogP contribution in [0, 0.1) is 6.92 Å². The molecular formula is C17H17BrN2O. The quantitative estimate of drug-likeness (QED) is 0.685. The average Bonchev–Trinajstić information content (AvgIpc) is 2.79. The Kier molecular flexibility index (Phi) is 3.97. The van der Waals surface area contributed by atoms with Gasteiger partial charge >= 0.3 is 0 Å². The van der Waals surface area contributed by atoms with Gasteiger partial charge in [0.05, 0.1) is 15.9 Å². The number of rotatable bonds is 4. The van der Waals surface area contributed by atoms with Gasteiger partial charge in [0.2, 0.25) is 0 Å². The molecule has 0 saturated heterocycles. The van der Waals surface area contributed by atoms with Crippen molar-refractivity contribution in [2.75, 3.05) is 0 Å². The van der Waals surface area contributed by atoms with Crippen LogP contribution in [-0.2, 0) is 13.2 Å². The first-order valence-corrected chi connectivity index (χ1v) is 7.81. The predicted octanol–water partition coefficient (Wildman–Crippen LogP) is 4.71. The van der Waals surface area contributed by atoms with Crippen molar-refractivity contribution in [2.24, 2.45) is 0 Å². The topological polar surface area (TPSA) is 27.1 Å². The van der Waals surface area contributed by atoms with Crippen LogP contribution in [0.3, 0.4) is 0 Å². The van der Waals surface area contributed by atoms with Gasteiger partial charge in [-0.2, -0.15) is 5.10 Å². The van der Waals surface area contributed by atoms with Crippen LogP contribution in [0.4, 0.5) is 0 Å². The molecule has 1 heterocycles. The van der Waals surface area contributed by atoms with E-state index in [1.165, 1.54) is 10.8 Å². The summed E-state index contributed by atoms with van der Waals surface area (Å²) in [6.45, 7) is 5.42. The maximum Gasteiger partial charge on any atom is 0.131 e. The highest BCUT2D eigenvalue weighted by molar-refractivity contribution is 9.10. The van der Waals surface area contributed by atoms with E-state index in [9.17, 15) is 0 Å². The molecular weight excluding hydrogens is 328 g/mol. The molecule has 2 aromatic carbocycles. The van der Waals surface area contributed by atoms with E-state index in [2.05, 4.69) is 52.2 Å². The second-order valence-corrected chi connectivity index (χ2v) is 5.75. The second kappa shape index (κ2) is 5.90. The number of ether oxygens (including phenoxy) is 1. The Labute approximate surface area is 132 Å². The molecule has 0 aliphatic carbocycles. The molecule has 0 fully saturated rings. The summed E-state index contributed by atoms with van der Waals surface area (Å²) in [7, 11) is 0. The lowest BCUT2D eigenvalue weighted by Gasteiger charge is -2.09. The predicted molar refractivity (Wildman–Crippen MR) is 88.6 cm³/mol. The summed E-state index contributed by atoms with van der Waals surface area (Å²) in [6.07, 6.45) is 0. The van der Waals surface area contributed by atoms with Crippen molar-refractivity contribution in [2.45, 2.75) is 27.0 Å². The van der Waals surface area contributed by atoms with Crippen molar-refractivity contribution in [1.29, 1.82) is 0 Å². The molecule has 1 aromatic heterocycles. The zero-order valence-corrected chi connectivity index (χ0v) is 13.7. The molecule has 108 valence electrons. The average molecular weight is 345 g/mol. The zero-order valence-electron chi connectivity index (χ0n) is 12.1. The molecule has 3 rings (SSSR count). The lowest BCUT2D eigenvalue weighted by molar-refractivity contribution is 0.292. The summed E-state index contributed by atoms with van der Waals surface area (Å²) < 4.78 is 8.95. The fraction of sp³-hybridized carbons (Fsp3) is 0.235. The van der Waals surface area contributed by atoms with Gasteiger partial charge in [0.15, 0.2) is 0 Å². The summed E-state index contributed by atoms with van der Waals surface area (Å²) in [5.74, 6) is 0.877. The minimum absolute atomic E-state index is 0.508. The van der Waals surface area contributed by atoms with E-state index in [0.717, 1.165) is 28.2 Å². The molecule has 21 heavy (non-hydrogen) atoms. The van der Waals surface area contributed by atoms with Gasteiger partial charge in [-0.05, 0) is 52.7 Å². The number of halogens is 1. The first kappa shape index (κ1) is 14.1. The van der Waals surface area contributed by atoms with Crippen molar-refractivity contribution >= 4 is 26.7 Å². The van der Waals surface area contributed by atoms with E-state index in [0.29, 0.717) is 6.61 Å². The fourth-order valence-corrected chi connectivity index (χ4v) is 2.81. The Balaban J connectivity index is 1.83. The van der Waals surface area contributed by atoms with Gasteiger partial charge in [-0.15, -0.1) is 0 Å². The monoisotopic (exact) mass is 344 g/mol. The van der Waals surface area contributed by atoms with Gasteiger partial charge in [0.1, 0.15) is 12.4 Å². The fourth-order valence-electron chi connectivity index (χ4n) is 2.42. The number of hydrogen-bond donors (Lipinski definition) is 0. The van der Waals surface area contributed by atoms with Gasteiger partial charge in [0.25, 0.3) is 0 Å². The molecule has 0 spiro atoms. The van der Waals surface area contributed by atoms with Gasteiger partial charge in [0, 0.05) is 6.54 Å². The van der Waals surface area contributed by atoms with E-state index in [1.807, 2.05) is 29.8 Å². The van der Waals surface area contributed by atoms with E-state index in [1.54, 1.807) is 0 Å². The van der Waals surface area contributed by atoms with Crippen LogP contribution >= 0.6 is 15.9 Å². The summed E-state index contributed by atoms with van der Waals surface area (Å²) in [5, 5.41) is 6.89. The van der Waals surface area contributed by atoms with Crippen molar-refractivity contribution in [3.8, 4) is 5.75 Å². The maximum atomic E-state index is 5.95. The van der Waals surface area contributed by atoms with E-state index in [-0.39, 0.29) is 0 Å². The number of nitrogens with zero attached hydrogens (tertiary/aromatic N) is 2. The Morgan fingerprint density at radius 3 is 2.67 bits per heavy atom. The third kappa shape index (κ3) is 2.81. The molecule has 0 N–H and O–H groups in total. The smallest absolute Gasteiger partial charge is 0.131 e. The highest BCUT2D eigenvalue weighted by atomic mass is 79.9. The summed E-state index contributed by atoms with van der Waals surface area (Å²) in [4.78, 5) is 0. The minimum Gasteiger partial charge on any atom is -0.487 e. The Morgan fingerprint density at radius 1 is 1.14 bits per heavy atom. The van der Waals surface area contributed by atoms with Crippen LogP contribution in [0.25, 0.3) is 10.8 Å². The van der Waals surface area contributed by atoms with Gasteiger partial charge in [-0.1, -0.05) is 30.3 Å². The van der Waals surface area contributed by atoms with Crippen molar-refractivity contribution in [3.05, 3.63) is 58.3 Å². The van der Waals surface area contributed by atoms with E-state index >= 15 is 0 Å². The largest absolute Gasteiger partial charge is 0.487 e. The molecule has 3 nitrogen and oxygen atoms in total. The number of fused-ring (bicyclic) bond motifs is 1. The first-order chi connectivity index (χ1) is 10.2. The molecule has 0 saturated carbocycles.